The number of nitrogens with zero attached hydrogens (tertiary/aromatic N) is 2. The molecular weight excluding hydrogens is 328 g/mol. The summed E-state index contributed by atoms with van der Waals surface area (Å²) in [6.07, 6.45) is 1.78. The Labute approximate surface area is 125 Å². The third kappa shape index (κ3) is 3.58. The molecule has 0 saturated carbocycles. The van der Waals surface area contributed by atoms with Gasteiger partial charge in [0.2, 0.25) is 5.95 Å². The van der Waals surface area contributed by atoms with Gasteiger partial charge in [-0.3, -0.25) is 0 Å². The summed E-state index contributed by atoms with van der Waals surface area (Å²) in [5, 5.41) is 7.02. The van der Waals surface area contributed by atoms with Gasteiger partial charge in [-0.25, -0.2) is 4.98 Å². The molecule has 4 nitrogen and oxygen atoms in total. The largest absolute Gasteiger partial charge is 0.354 e. The third-order valence-electron chi connectivity index (χ3n) is 2.49. The molecule has 0 aliphatic heterocycles. The highest BCUT2D eigenvalue weighted by Gasteiger charge is 2.06. The van der Waals surface area contributed by atoms with Crippen LogP contribution in [0.3, 0.4) is 0 Å². The second-order valence-corrected chi connectivity index (χ2v) is 5.30. The Hall–Kier alpha value is -1.33. The van der Waals surface area contributed by atoms with E-state index in [-0.39, 0.29) is 0 Å². The Morgan fingerprint density at radius 3 is 2.89 bits per heavy atom. The van der Waals surface area contributed by atoms with Gasteiger partial charge in [0.05, 0.1) is 5.69 Å². The summed E-state index contributed by atoms with van der Waals surface area (Å²) in [5.74, 6) is 1.36. The van der Waals surface area contributed by atoms with Gasteiger partial charge in [0.25, 0.3) is 0 Å². The molecule has 0 aliphatic carbocycles. The highest BCUT2D eigenvalue weighted by atomic mass is 79.9. The van der Waals surface area contributed by atoms with Gasteiger partial charge >= 0.3 is 0 Å². The van der Waals surface area contributed by atoms with E-state index < -0.39 is 0 Å². The summed E-state index contributed by atoms with van der Waals surface area (Å²) in [4.78, 5) is 8.64. The summed E-state index contributed by atoms with van der Waals surface area (Å²) in [5.41, 5.74) is 1.84. The zero-order valence-electron chi connectivity index (χ0n) is 10.7. The summed E-state index contributed by atoms with van der Waals surface area (Å²) >= 11 is 9.48. The topological polar surface area (TPSA) is 49.8 Å². The average Bonchev–Trinajstić information content (AvgIpc) is 2.38. The van der Waals surface area contributed by atoms with Gasteiger partial charge in [-0.15, -0.1) is 0 Å². The molecule has 2 aromatic rings. The van der Waals surface area contributed by atoms with Crippen molar-refractivity contribution in [2.75, 3.05) is 17.2 Å². The van der Waals surface area contributed by atoms with Gasteiger partial charge < -0.3 is 10.6 Å². The number of aromatic nitrogens is 2. The second kappa shape index (κ2) is 6.21. The number of hydrogen-bond donors (Lipinski definition) is 2. The Bertz CT molecular complexity index is 589. The Morgan fingerprint density at radius 1 is 1.37 bits per heavy atom. The van der Waals surface area contributed by atoms with Crippen molar-refractivity contribution in [2.45, 2.75) is 13.8 Å². The molecule has 19 heavy (non-hydrogen) atoms. The van der Waals surface area contributed by atoms with Crippen LogP contribution in [-0.2, 0) is 0 Å². The number of anilines is 3. The summed E-state index contributed by atoms with van der Waals surface area (Å²) < 4.78 is 0.930. The van der Waals surface area contributed by atoms with Gasteiger partial charge in [-0.05, 0) is 48.0 Å². The fourth-order valence-corrected chi connectivity index (χ4v) is 2.05. The molecule has 0 unspecified atom stereocenters. The molecule has 0 saturated heterocycles. The predicted molar refractivity (Wildman–Crippen MR) is 83.4 cm³/mol. The third-order valence-corrected chi connectivity index (χ3v) is 3.41. The van der Waals surface area contributed by atoms with Crippen molar-refractivity contribution < 1.29 is 0 Å². The predicted octanol–water partition coefficient (Wildman–Crippen LogP) is 4.38. The molecular formula is C13H14BrClN4. The van der Waals surface area contributed by atoms with Crippen LogP contribution in [0.5, 0.6) is 0 Å². The van der Waals surface area contributed by atoms with Crippen LogP contribution in [0, 0.1) is 6.92 Å². The summed E-state index contributed by atoms with van der Waals surface area (Å²) in [7, 11) is 0. The first-order valence-corrected chi connectivity index (χ1v) is 7.07. The van der Waals surface area contributed by atoms with Gasteiger partial charge in [-0.1, -0.05) is 11.6 Å². The lowest BCUT2D eigenvalue weighted by atomic mass is 10.3. The van der Waals surface area contributed by atoms with E-state index >= 15 is 0 Å². The van der Waals surface area contributed by atoms with Gasteiger partial charge in [0.1, 0.15) is 5.82 Å². The molecule has 2 N–H and O–H groups in total. The first-order valence-electron chi connectivity index (χ1n) is 5.89. The quantitative estimate of drug-likeness (QED) is 0.866. The lowest BCUT2D eigenvalue weighted by Crippen LogP contribution is -2.05. The molecule has 100 valence electrons. The molecule has 0 amide bonds. The smallest absolute Gasteiger partial charge is 0.224 e. The first kappa shape index (κ1) is 14.1. The summed E-state index contributed by atoms with van der Waals surface area (Å²) in [6, 6.07) is 5.57. The number of benzene rings is 1. The summed E-state index contributed by atoms with van der Waals surface area (Å²) in [6.45, 7) is 4.74. The molecule has 0 atom stereocenters. The number of hydrogen-bond acceptors (Lipinski definition) is 4. The van der Waals surface area contributed by atoms with E-state index in [4.69, 9.17) is 11.6 Å². The van der Waals surface area contributed by atoms with Crippen LogP contribution in [0.4, 0.5) is 17.5 Å². The van der Waals surface area contributed by atoms with Crippen LogP contribution in [0.1, 0.15) is 12.5 Å². The van der Waals surface area contributed by atoms with Crippen LogP contribution in [0.15, 0.2) is 28.9 Å². The van der Waals surface area contributed by atoms with Gasteiger partial charge in [-0.2, -0.15) is 4.98 Å². The zero-order chi connectivity index (χ0) is 13.8. The monoisotopic (exact) mass is 340 g/mol. The Morgan fingerprint density at radius 2 is 2.16 bits per heavy atom. The van der Waals surface area contributed by atoms with Crippen molar-refractivity contribution in [1.29, 1.82) is 0 Å². The highest BCUT2D eigenvalue weighted by Crippen LogP contribution is 2.29. The van der Waals surface area contributed by atoms with Crippen molar-refractivity contribution >= 4 is 45.0 Å². The van der Waals surface area contributed by atoms with Crippen LogP contribution < -0.4 is 10.6 Å². The lowest BCUT2D eigenvalue weighted by molar-refractivity contribution is 1.07. The number of nitrogens with one attached hydrogen (secondary N) is 2. The normalized spacial score (nSPS) is 10.3. The molecule has 1 aromatic carbocycles. The number of rotatable bonds is 4. The van der Waals surface area contributed by atoms with E-state index in [1.165, 1.54) is 0 Å². The van der Waals surface area contributed by atoms with Crippen molar-refractivity contribution in [3.05, 3.63) is 39.5 Å². The van der Waals surface area contributed by atoms with Crippen LogP contribution >= 0.6 is 27.5 Å². The van der Waals surface area contributed by atoms with Crippen LogP contribution in [0.25, 0.3) is 0 Å². The second-order valence-electron chi connectivity index (χ2n) is 4.00. The highest BCUT2D eigenvalue weighted by molar-refractivity contribution is 9.10. The average molecular weight is 342 g/mol. The molecule has 0 bridgehead atoms. The maximum Gasteiger partial charge on any atom is 0.224 e. The molecule has 0 spiro atoms. The molecule has 0 radical (unpaired) electrons. The number of halogens is 2. The lowest BCUT2D eigenvalue weighted by Gasteiger charge is -2.12. The van der Waals surface area contributed by atoms with Crippen molar-refractivity contribution in [1.82, 2.24) is 9.97 Å². The van der Waals surface area contributed by atoms with Crippen molar-refractivity contribution in [3.63, 3.8) is 0 Å². The zero-order valence-corrected chi connectivity index (χ0v) is 13.0. The minimum Gasteiger partial charge on any atom is -0.354 e. The van der Waals surface area contributed by atoms with E-state index in [0.29, 0.717) is 11.0 Å². The van der Waals surface area contributed by atoms with E-state index in [1.54, 1.807) is 6.20 Å². The minimum absolute atomic E-state index is 0.605. The molecule has 6 heteroatoms. The van der Waals surface area contributed by atoms with E-state index in [0.717, 1.165) is 28.1 Å². The van der Waals surface area contributed by atoms with Crippen LogP contribution in [0.2, 0.25) is 5.02 Å². The molecule has 1 aromatic heterocycles. The molecule has 0 aliphatic rings. The maximum absolute atomic E-state index is 6.00. The van der Waals surface area contributed by atoms with E-state index in [9.17, 15) is 0 Å². The fraction of sp³-hybridized carbons (Fsp3) is 0.231. The van der Waals surface area contributed by atoms with Gasteiger partial charge in [0, 0.05) is 27.8 Å². The van der Waals surface area contributed by atoms with Crippen molar-refractivity contribution in [3.8, 4) is 0 Å². The Balaban J connectivity index is 2.31. The fourth-order valence-electron chi connectivity index (χ4n) is 1.53. The Kier molecular flexibility index (Phi) is 4.61. The molecule has 2 rings (SSSR count). The molecule has 1 heterocycles. The van der Waals surface area contributed by atoms with E-state index in [1.807, 2.05) is 32.0 Å². The minimum atomic E-state index is 0.605. The first-order chi connectivity index (χ1) is 9.10. The van der Waals surface area contributed by atoms with Gasteiger partial charge in [0.15, 0.2) is 0 Å². The van der Waals surface area contributed by atoms with Crippen molar-refractivity contribution in [2.24, 2.45) is 0 Å². The SMILES string of the molecule is CCNc1ncc(C)c(Nc2cc(Cl)ccc2Br)n1. The molecule has 0 fully saturated rings. The maximum atomic E-state index is 6.00. The van der Waals surface area contributed by atoms with E-state index in [2.05, 4.69) is 36.5 Å². The standard InChI is InChI=1S/C13H14BrClN4/c1-3-16-13-17-7-8(2)12(19-13)18-11-6-9(15)4-5-10(11)14/h4-7H,3H2,1-2H3,(H2,16,17,18,19). The number of aryl methyl sites for hydroxylation is 1. The van der Waals surface area contributed by atoms with Crippen LogP contribution in [-0.4, -0.2) is 16.5 Å².